The molecule has 0 radical (unpaired) electrons. The molecule has 0 bridgehead atoms. The highest BCUT2D eigenvalue weighted by molar-refractivity contribution is 6.37. The summed E-state index contributed by atoms with van der Waals surface area (Å²) >= 11 is 12.0. The fraction of sp³-hybridized carbons (Fsp3) is 0.462. The monoisotopic (exact) mass is 271 g/mol. The van der Waals surface area contributed by atoms with Gasteiger partial charge in [-0.2, -0.15) is 0 Å². The summed E-state index contributed by atoms with van der Waals surface area (Å²) in [7, 11) is 0. The van der Waals surface area contributed by atoms with Gasteiger partial charge in [-0.05, 0) is 50.6 Å². The van der Waals surface area contributed by atoms with Gasteiger partial charge in [-0.3, -0.25) is 9.69 Å². The second-order valence-electron chi connectivity index (χ2n) is 4.49. The van der Waals surface area contributed by atoms with Crippen molar-refractivity contribution < 1.29 is 4.79 Å². The van der Waals surface area contributed by atoms with Crippen LogP contribution in [0.2, 0.25) is 10.0 Å². The first-order valence-electron chi connectivity index (χ1n) is 5.79. The first kappa shape index (κ1) is 12.9. The van der Waals surface area contributed by atoms with Crippen molar-refractivity contribution in [3.63, 3.8) is 0 Å². The van der Waals surface area contributed by atoms with E-state index in [1.54, 1.807) is 12.1 Å². The van der Waals surface area contributed by atoms with Crippen molar-refractivity contribution in [2.75, 3.05) is 19.6 Å². The van der Waals surface area contributed by atoms with Crippen molar-refractivity contribution in [3.8, 4) is 0 Å². The molecule has 0 amide bonds. The van der Waals surface area contributed by atoms with Gasteiger partial charge in [-0.15, -0.1) is 0 Å². The highest BCUT2D eigenvalue weighted by atomic mass is 35.5. The Morgan fingerprint density at radius 1 is 1.24 bits per heavy atom. The third-order valence-electron chi connectivity index (χ3n) is 3.11. The molecule has 4 heteroatoms. The predicted molar refractivity (Wildman–Crippen MR) is 71.2 cm³/mol. The quantitative estimate of drug-likeness (QED) is 0.784. The Kier molecular flexibility index (Phi) is 4.08. The van der Waals surface area contributed by atoms with Crippen LogP contribution in [0, 0.1) is 6.92 Å². The molecule has 17 heavy (non-hydrogen) atoms. The maximum absolute atomic E-state index is 12.1. The Balaban J connectivity index is 2.15. The van der Waals surface area contributed by atoms with E-state index < -0.39 is 0 Å². The Morgan fingerprint density at radius 2 is 1.88 bits per heavy atom. The molecular weight excluding hydrogens is 257 g/mol. The van der Waals surface area contributed by atoms with Gasteiger partial charge in [0.1, 0.15) is 0 Å². The van der Waals surface area contributed by atoms with Crippen molar-refractivity contribution in [1.29, 1.82) is 0 Å². The van der Waals surface area contributed by atoms with Crippen LogP contribution in [0.4, 0.5) is 0 Å². The molecule has 0 atom stereocenters. The van der Waals surface area contributed by atoms with Gasteiger partial charge in [0.15, 0.2) is 5.78 Å². The van der Waals surface area contributed by atoms with Gasteiger partial charge in [0, 0.05) is 10.6 Å². The minimum Gasteiger partial charge on any atom is -0.296 e. The summed E-state index contributed by atoms with van der Waals surface area (Å²) in [6.45, 7) is 4.36. The molecule has 1 aliphatic heterocycles. The summed E-state index contributed by atoms with van der Waals surface area (Å²) in [6, 6.07) is 3.43. The predicted octanol–water partition coefficient (Wildman–Crippen LogP) is 3.58. The molecule has 0 aromatic heterocycles. The molecular formula is C13H15Cl2NO. The number of hydrogen-bond acceptors (Lipinski definition) is 2. The van der Waals surface area contributed by atoms with E-state index in [1.807, 2.05) is 6.92 Å². The summed E-state index contributed by atoms with van der Waals surface area (Å²) in [5, 5.41) is 1.05. The maximum Gasteiger partial charge on any atom is 0.178 e. The van der Waals surface area contributed by atoms with Gasteiger partial charge in [-0.1, -0.05) is 23.2 Å². The van der Waals surface area contributed by atoms with E-state index in [2.05, 4.69) is 4.90 Å². The second-order valence-corrected chi connectivity index (χ2v) is 5.30. The zero-order valence-corrected chi connectivity index (χ0v) is 11.3. The van der Waals surface area contributed by atoms with E-state index in [9.17, 15) is 4.79 Å². The lowest BCUT2D eigenvalue weighted by Gasteiger charge is -2.14. The van der Waals surface area contributed by atoms with Crippen LogP contribution >= 0.6 is 23.2 Å². The lowest BCUT2D eigenvalue weighted by molar-refractivity contribution is 0.0945. The average Bonchev–Trinajstić information content (AvgIpc) is 2.76. The smallest absolute Gasteiger partial charge is 0.178 e. The Labute approximate surface area is 112 Å². The number of benzene rings is 1. The largest absolute Gasteiger partial charge is 0.296 e. The molecule has 0 spiro atoms. The zero-order valence-electron chi connectivity index (χ0n) is 9.80. The first-order valence-corrected chi connectivity index (χ1v) is 6.54. The minimum atomic E-state index is 0.0802. The van der Waals surface area contributed by atoms with Crippen LogP contribution in [0.25, 0.3) is 0 Å². The van der Waals surface area contributed by atoms with Gasteiger partial charge < -0.3 is 0 Å². The molecule has 1 fully saturated rings. The standard InChI is InChI=1S/C13H15Cl2NO/c1-9-6-10(12(15)7-11(9)14)13(17)8-16-4-2-3-5-16/h6-7H,2-5,8H2,1H3. The van der Waals surface area contributed by atoms with E-state index >= 15 is 0 Å². The Morgan fingerprint density at radius 3 is 2.53 bits per heavy atom. The number of rotatable bonds is 3. The molecule has 1 heterocycles. The highest BCUT2D eigenvalue weighted by Crippen LogP contribution is 2.25. The number of likely N-dealkylation sites (tertiary alicyclic amines) is 1. The van der Waals surface area contributed by atoms with E-state index in [4.69, 9.17) is 23.2 Å². The SMILES string of the molecule is Cc1cc(C(=O)CN2CCCC2)c(Cl)cc1Cl. The number of ketones is 1. The van der Waals surface area contributed by atoms with Gasteiger partial charge in [0.05, 0.1) is 11.6 Å². The number of nitrogens with zero attached hydrogens (tertiary/aromatic N) is 1. The maximum atomic E-state index is 12.1. The van der Waals surface area contributed by atoms with Crippen LogP contribution in [-0.4, -0.2) is 30.3 Å². The number of halogens is 2. The van der Waals surface area contributed by atoms with E-state index in [-0.39, 0.29) is 5.78 Å². The number of Topliss-reactive ketones (excluding diaryl/α,β-unsaturated/α-hetero) is 1. The van der Waals surface area contributed by atoms with Crippen molar-refractivity contribution in [2.24, 2.45) is 0 Å². The lowest BCUT2D eigenvalue weighted by atomic mass is 10.1. The molecule has 1 saturated heterocycles. The van der Waals surface area contributed by atoms with Gasteiger partial charge in [0.2, 0.25) is 0 Å². The van der Waals surface area contributed by atoms with Crippen LogP contribution in [0.3, 0.4) is 0 Å². The summed E-state index contributed by atoms with van der Waals surface area (Å²) in [6.07, 6.45) is 2.36. The molecule has 1 aliphatic rings. The first-order chi connectivity index (χ1) is 8.08. The fourth-order valence-corrected chi connectivity index (χ4v) is 2.59. The molecule has 92 valence electrons. The third kappa shape index (κ3) is 3.01. The minimum absolute atomic E-state index is 0.0802. The average molecular weight is 272 g/mol. The van der Waals surface area contributed by atoms with Crippen molar-refractivity contribution >= 4 is 29.0 Å². The van der Waals surface area contributed by atoms with Crippen molar-refractivity contribution in [3.05, 3.63) is 33.3 Å². The van der Waals surface area contributed by atoms with Crippen LogP contribution in [0.5, 0.6) is 0 Å². The van der Waals surface area contributed by atoms with Crippen molar-refractivity contribution in [2.45, 2.75) is 19.8 Å². The number of carbonyl (C=O) groups excluding carboxylic acids is 1. The van der Waals surface area contributed by atoms with Crippen LogP contribution in [0.1, 0.15) is 28.8 Å². The van der Waals surface area contributed by atoms with E-state index in [0.717, 1.165) is 18.7 Å². The summed E-state index contributed by atoms with van der Waals surface area (Å²) in [5.74, 6) is 0.0802. The van der Waals surface area contributed by atoms with Crippen molar-refractivity contribution in [1.82, 2.24) is 4.90 Å². The number of hydrogen-bond donors (Lipinski definition) is 0. The van der Waals surface area contributed by atoms with Crippen LogP contribution < -0.4 is 0 Å². The van der Waals surface area contributed by atoms with Crippen LogP contribution in [0.15, 0.2) is 12.1 Å². The summed E-state index contributed by atoms with van der Waals surface area (Å²) in [5.41, 5.74) is 1.47. The summed E-state index contributed by atoms with van der Waals surface area (Å²) in [4.78, 5) is 14.3. The molecule has 1 aromatic carbocycles. The molecule has 2 rings (SSSR count). The molecule has 0 N–H and O–H groups in total. The molecule has 0 saturated carbocycles. The lowest BCUT2D eigenvalue weighted by Crippen LogP contribution is -2.27. The Hall–Kier alpha value is -0.570. The topological polar surface area (TPSA) is 20.3 Å². The molecule has 1 aromatic rings. The van der Waals surface area contributed by atoms with E-state index in [0.29, 0.717) is 22.2 Å². The molecule has 0 aliphatic carbocycles. The normalized spacial score (nSPS) is 16.4. The summed E-state index contributed by atoms with van der Waals surface area (Å²) < 4.78 is 0. The zero-order chi connectivity index (χ0) is 12.4. The second kappa shape index (κ2) is 5.38. The van der Waals surface area contributed by atoms with Gasteiger partial charge in [0.25, 0.3) is 0 Å². The highest BCUT2D eigenvalue weighted by Gasteiger charge is 2.18. The van der Waals surface area contributed by atoms with Gasteiger partial charge in [-0.25, -0.2) is 0 Å². The van der Waals surface area contributed by atoms with Gasteiger partial charge >= 0.3 is 0 Å². The number of aryl methyl sites for hydroxylation is 1. The van der Waals surface area contributed by atoms with E-state index in [1.165, 1.54) is 12.8 Å². The fourth-order valence-electron chi connectivity index (χ4n) is 2.10. The molecule has 2 nitrogen and oxygen atoms in total. The third-order valence-corrected chi connectivity index (χ3v) is 3.83. The Bertz CT molecular complexity index is 439. The number of carbonyl (C=O) groups is 1. The molecule has 0 unspecified atom stereocenters. The van der Waals surface area contributed by atoms with Crippen LogP contribution in [-0.2, 0) is 0 Å².